The van der Waals surface area contributed by atoms with Gasteiger partial charge in [-0.1, -0.05) is 6.07 Å². The van der Waals surface area contributed by atoms with E-state index in [2.05, 4.69) is 11.1 Å². The maximum Gasteiger partial charge on any atom is 0.0647 e. The Hall–Kier alpha value is -1.19. The molecule has 0 aliphatic heterocycles. The summed E-state index contributed by atoms with van der Waals surface area (Å²) in [6.07, 6.45) is 3.53. The highest BCUT2D eigenvalue weighted by Gasteiger charge is 2.08. The summed E-state index contributed by atoms with van der Waals surface area (Å²) >= 11 is 1.68. The molecular formula is C10H10N2S. The van der Waals surface area contributed by atoms with Crippen LogP contribution in [0.4, 0.5) is 0 Å². The second-order valence-corrected chi connectivity index (χ2v) is 3.75. The first-order valence-corrected chi connectivity index (χ1v) is 4.95. The highest BCUT2D eigenvalue weighted by Crippen LogP contribution is 2.22. The average Bonchev–Trinajstić information content (AvgIpc) is 2.71. The number of hydrogen-bond acceptors (Lipinski definition) is 3. The number of nitrogens with zero attached hydrogens (tertiary/aromatic N) is 1. The minimum Gasteiger partial charge on any atom is -0.320 e. The molecule has 2 heterocycles. The summed E-state index contributed by atoms with van der Waals surface area (Å²) in [6, 6.07) is 7.95. The molecule has 0 aliphatic carbocycles. The zero-order chi connectivity index (χ0) is 9.10. The van der Waals surface area contributed by atoms with Crippen molar-refractivity contribution in [3.8, 4) is 0 Å². The van der Waals surface area contributed by atoms with Gasteiger partial charge in [0.05, 0.1) is 6.04 Å². The predicted molar refractivity (Wildman–Crippen MR) is 54.6 cm³/mol. The van der Waals surface area contributed by atoms with E-state index in [0.29, 0.717) is 0 Å². The molecule has 2 aromatic heterocycles. The average molecular weight is 190 g/mol. The minimum absolute atomic E-state index is 0.0111. The number of hydrogen-bond donors (Lipinski definition) is 1. The summed E-state index contributed by atoms with van der Waals surface area (Å²) in [7, 11) is 0. The van der Waals surface area contributed by atoms with Crippen LogP contribution < -0.4 is 5.73 Å². The van der Waals surface area contributed by atoms with Crippen molar-refractivity contribution in [2.45, 2.75) is 6.04 Å². The lowest BCUT2D eigenvalue weighted by Gasteiger charge is -2.08. The van der Waals surface area contributed by atoms with Gasteiger partial charge in [0.2, 0.25) is 0 Å². The van der Waals surface area contributed by atoms with E-state index in [0.717, 1.165) is 5.56 Å². The number of aromatic nitrogens is 1. The van der Waals surface area contributed by atoms with E-state index in [1.54, 1.807) is 23.7 Å². The van der Waals surface area contributed by atoms with E-state index < -0.39 is 0 Å². The molecule has 0 bridgehead atoms. The van der Waals surface area contributed by atoms with Crippen LogP contribution in [0.3, 0.4) is 0 Å². The number of thiophene rings is 1. The molecular weight excluding hydrogens is 180 g/mol. The highest BCUT2D eigenvalue weighted by molar-refractivity contribution is 7.10. The second kappa shape index (κ2) is 3.68. The zero-order valence-corrected chi connectivity index (χ0v) is 7.87. The SMILES string of the molecule is NC(c1ccncc1)c1cccs1. The van der Waals surface area contributed by atoms with Crippen molar-refractivity contribution in [3.63, 3.8) is 0 Å². The molecule has 1 atom stereocenters. The fourth-order valence-electron chi connectivity index (χ4n) is 1.20. The van der Waals surface area contributed by atoms with Gasteiger partial charge in [0.25, 0.3) is 0 Å². The predicted octanol–water partition coefficient (Wildman–Crippen LogP) is 2.19. The van der Waals surface area contributed by atoms with Crippen molar-refractivity contribution < 1.29 is 0 Å². The van der Waals surface area contributed by atoms with Crippen LogP contribution in [0.25, 0.3) is 0 Å². The lowest BCUT2D eigenvalue weighted by atomic mass is 10.1. The third-order valence-electron chi connectivity index (χ3n) is 1.91. The molecule has 0 radical (unpaired) electrons. The van der Waals surface area contributed by atoms with E-state index in [1.165, 1.54) is 4.88 Å². The minimum atomic E-state index is -0.0111. The standard InChI is InChI=1S/C10H10N2S/c11-10(9-2-1-7-13-9)8-3-5-12-6-4-8/h1-7,10H,11H2. The molecule has 0 saturated carbocycles. The van der Waals surface area contributed by atoms with Crippen LogP contribution in [0.15, 0.2) is 42.0 Å². The molecule has 3 heteroatoms. The Morgan fingerprint density at radius 2 is 2.00 bits per heavy atom. The van der Waals surface area contributed by atoms with Gasteiger partial charge in [-0.15, -0.1) is 11.3 Å². The number of pyridine rings is 1. The first-order valence-electron chi connectivity index (χ1n) is 4.07. The van der Waals surface area contributed by atoms with Crippen molar-refractivity contribution in [3.05, 3.63) is 52.5 Å². The lowest BCUT2D eigenvalue weighted by molar-refractivity contribution is 0.889. The van der Waals surface area contributed by atoms with Crippen LogP contribution in [0.2, 0.25) is 0 Å². The fraction of sp³-hybridized carbons (Fsp3) is 0.100. The molecule has 66 valence electrons. The van der Waals surface area contributed by atoms with Gasteiger partial charge in [-0.3, -0.25) is 4.98 Å². The molecule has 0 saturated heterocycles. The van der Waals surface area contributed by atoms with Gasteiger partial charge in [-0.05, 0) is 29.1 Å². The van der Waals surface area contributed by atoms with E-state index in [9.17, 15) is 0 Å². The normalized spacial score (nSPS) is 12.7. The molecule has 13 heavy (non-hydrogen) atoms. The quantitative estimate of drug-likeness (QED) is 0.788. The van der Waals surface area contributed by atoms with Crippen molar-refractivity contribution in [1.29, 1.82) is 0 Å². The largest absolute Gasteiger partial charge is 0.320 e. The third-order valence-corrected chi connectivity index (χ3v) is 2.87. The number of nitrogens with two attached hydrogens (primary N) is 1. The molecule has 0 spiro atoms. The molecule has 2 aromatic rings. The van der Waals surface area contributed by atoms with Gasteiger partial charge in [-0.25, -0.2) is 0 Å². The fourth-order valence-corrected chi connectivity index (χ4v) is 1.96. The van der Waals surface area contributed by atoms with Crippen molar-refractivity contribution in [2.75, 3.05) is 0 Å². The van der Waals surface area contributed by atoms with Crippen molar-refractivity contribution >= 4 is 11.3 Å². The smallest absolute Gasteiger partial charge is 0.0647 e. The van der Waals surface area contributed by atoms with Gasteiger partial charge in [0, 0.05) is 17.3 Å². The topological polar surface area (TPSA) is 38.9 Å². The Balaban J connectivity index is 2.29. The van der Waals surface area contributed by atoms with E-state index >= 15 is 0 Å². The summed E-state index contributed by atoms with van der Waals surface area (Å²) in [4.78, 5) is 5.14. The Morgan fingerprint density at radius 1 is 1.23 bits per heavy atom. The van der Waals surface area contributed by atoms with Crippen molar-refractivity contribution in [1.82, 2.24) is 4.98 Å². The highest BCUT2D eigenvalue weighted by atomic mass is 32.1. The Kier molecular flexibility index (Phi) is 2.38. The van der Waals surface area contributed by atoms with Crippen LogP contribution in [0, 0.1) is 0 Å². The van der Waals surface area contributed by atoms with E-state index in [4.69, 9.17) is 5.73 Å². The van der Waals surface area contributed by atoms with E-state index in [-0.39, 0.29) is 6.04 Å². The van der Waals surface area contributed by atoms with Crippen LogP contribution >= 0.6 is 11.3 Å². The summed E-state index contributed by atoms with van der Waals surface area (Å²) in [5.74, 6) is 0. The monoisotopic (exact) mass is 190 g/mol. The molecule has 2 N–H and O–H groups in total. The van der Waals surface area contributed by atoms with Crippen LogP contribution in [-0.4, -0.2) is 4.98 Å². The first-order chi connectivity index (χ1) is 6.38. The Labute approximate surface area is 81.1 Å². The zero-order valence-electron chi connectivity index (χ0n) is 7.05. The molecule has 0 aromatic carbocycles. The van der Waals surface area contributed by atoms with Gasteiger partial charge >= 0.3 is 0 Å². The van der Waals surface area contributed by atoms with Gasteiger partial charge < -0.3 is 5.73 Å². The van der Waals surface area contributed by atoms with Crippen LogP contribution in [-0.2, 0) is 0 Å². The third kappa shape index (κ3) is 1.76. The molecule has 0 aliphatic rings. The first kappa shape index (κ1) is 8.41. The summed E-state index contributed by atoms with van der Waals surface area (Å²) < 4.78 is 0. The molecule has 0 fully saturated rings. The van der Waals surface area contributed by atoms with Gasteiger partial charge in [0.1, 0.15) is 0 Å². The van der Waals surface area contributed by atoms with Gasteiger partial charge in [0.15, 0.2) is 0 Å². The molecule has 2 rings (SSSR count). The lowest BCUT2D eigenvalue weighted by Crippen LogP contribution is -2.09. The second-order valence-electron chi connectivity index (χ2n) is 2.77. The summed E-state index contributed by atoms with van der Waals surface area (Å²) in [5, 5.41) is 2.04. The van der Waals surface area contributed by atoms with Crippen LogP contribution in [0.5, 0.6) is 0 Å². The molecule has 0 amide bonds. The Morgan fingerprint density at radius 3 is 2.62 bits per heavy atom. The Bertz CT molecular complexity index is 356. The molecule has 1 unspecified atom stereocenters. The molecule has 2 nitrogen and oxygen atoms in total. The van der Waals surface area contributed by atoms with Crippen LogP contribution in [0.1, 0.15) is 16.5 Å². The van der Waals surface area contributed by atoms with Gasteiger partial charge in [-0.2, -0.15) is 0 Å². The maximum absolute atomic E-state index is 6.04. The maximum atomic E-state index is 6.04. The summed E-state index contributed by atoms with van der Waals surface area (Å²) in [6.45, 7) is 0. The number of rotatable bonds is 2. The van der Waals surface area contributed by atoms with Crippen molar-refractivity contribution in [2.24, 2.45) is 5.73 Å². The summed E-state index contributed by atoms with van der Waals surface area (Å²) in [5.41, 5.74) is 7.15. The van der Waals surface area contributed by atoms with E-state index in [1.807, 2.05) is 23.6 Å².